The lowest BCUT2D eigenvalue weighted by atomic mass is 9.94. The third-order valence-electron chi connectivity index (χ3n) is 3.49. The third-order valence-corrected chi connectivity index (χ3v) is 3.49. The van der Waals surface area contributed by atoms with E-state index in [1.165, 1.54) is 0 Å². The van der Waals surface area contributed by atoms with Gasteiger partial charge in [0.05, 0.1) is 12.6 Å². The van der Waals surface area contributed by atoms with Crippen molar-refractivity contribution in [3.05, 3.63) is 0 Å². The molecule has 0 radical (unpaired) electrons. The van der Waals surface area contributed by atoms with Gasteiger partial charge in [-0.2, -0.15) is 0 Å². The fourth-order valence-corrected chi connectivity index (χ4v) is 2.39. The molecule has 1 aliphatic carbocycles. The number of carbonyl (C=O) groups is 1. The van der Waals surface area contributed by atoms with Gasteiger partial charge in [-0.3, -0.25) is 0 Å². The van der Waals surface area contributed by atoms with Crippen LogP contribution in [0.4, 0.5) is 4.79 Å². The molecule has 2 rings (SSSR count). The number of cyclic esters (lactones) is 1. The lowest BCUT2D eigenvalue weighted by Gasteiger charge is -2.26. The first-order valence-electron chi connectivity index (χ1n) is 6.54. The van der Waals surface area contributed by atoms with Crippen LogP contribution in [-0.2, 0) is 9.47 Å². The Morgan fingerprint density at radius 2 is 2.12 bits per heavy atom. The molecule has 0 atom stereocenters. The van der Waals surface area contributed by atoms with E-state index in [9.17, 15) is 4.79 Å². The average molecular weight is 242 g/mol. The predicted molar refractivity (Wildman–Crippen MR) is 63.7 cm³/mol. The molecular formula is C12H22N2O3. The maximum Gasteiger partial charge on any atom is 0.409 e. The highest BCUT2D eigenvalue weighted by Crippen LogP contribution is 2.19. The van der Waals surface area contributed by atoms with E-state index in [0.717, 1.165) is 51.8 Å². The van der Waals surface area contributed by atoms with Crippen molar-refractivity contribution >= 4 is 6.09 Å². The summed E-state index contributed by atoms with van der Waals surface area (Å²) in [6.07, 6.45) is 5.37. The van der Waals surface area contributed by atoms with Gasteiger partial charge in [-0.1, -0.05) is 0 Å². The van der Waals surface area contributed by atoms with Crippen LogP contribution in [0.1, 0.15) is 32.1 Å². The second-order valence-corrected chi connectivity index (χ2v) is 4.86. The normalized spacial score (nSPS) is 29.5. The molecule has 17 heavy (non-hydrogen) atoms. The molecule has 0 spiro atoms. The minimum atomic E-state index is -0.186. The van der Waals surface area contributed by atoms with E-state index in [1.807, 2.05) is 0 Å². The summed E-state index contributed by atoms with van der Waals surface area (Å²) in [7, 11) is 0. The van der Waals surface area contributed by atoms with Crippen molar-refractivity contribution in [3.63, 3.8) is 0 Å². The maximum absolute atomic E-state index is 11.2. The molecule has 0 aromatic heterocycles. The number of nitrogens with zero attached hydrogens (tertiary/aromatic N) is 1. The summed E-state index contributed by atoms with van der Waals surface area (Å²) >= 11 is 0. The maximum atomic E-state index is 11.2. The van der Waals surface area contributed by atoms with E-state index >= 15 is 0 Å². The topological polar surface area (TPSA) is 64.8 Å². The monoisotopic (exact) mass is 242 g/mol. The lowest BCUT2D eigenvalue weighted by Crippen LogP contribution is -2.31. The number of hydrogen-bond donors (Lipinski definition) is 1. The molecule has 5 heteroatoms. The Hall–Kier alpha value is -0.810. The number of amides is 1. The molecular weight excluding hydrogens is 220 g/mol. The van der Waals surface area contributed by atoms with Gasteiger partial charge in [0.15, 0.2) is 0 Å². The zero-order chi connectivity index (χ0) is 12.1. The minimum absolute atomic E-state index is 0.186. The van der Waals surface area contributed by atoms with Gasteiger partial charge in [-0.05, 0) is 32.1 Å². The highest BCUT2D eigenvalue weighted by molar-refractivity contribution is 5.69. The number of carbonyl (C=O) groups excluding carboxylic acids is 1. The van der Waals surface area contributed by atoms with E-state index in [-0.39, 0.29) is 6.09 Å². The van der Waals surface area contributed by atoms with E-state index in [0.29, 0.717) is 18.8 Å². The number of ether oxygens (including phenoxy) is 2. The fourth-order valence-electron chi connectivity index (χ4n) is 2.39. The highest BCUT2D eigenvalue weighted by Gasteiger charge is 2.22. The van der Waals surface area contributed by atoms with Crippen molar-refractivity contribution < 1.29 is 14.3 Å². The molecule has 2 fully saturated rings. The molecule has 0 unspecified atom stereocenters. The van der Waals surface area contributed by atoms with Crippen LogP contribution < -0.4 is 5.73 Å². The van der Waals surface area contributed by atoms with Gasteiger partial charge < -0.3 is 20.1 Å². The quantitative estimate of drug-likeness (QED) is 0.734. The molecule has 98 valence electrons. The van der Waals surface area contributed by atoms with Crippen molar-refractivity contribution in [2.45, 2.75) is 44.2 Å². The molecule has 2 N–H and O–H groups in total. The lowest BCUT2D eigenvalue weighted by molar-refractivity contribution is 0.0218. The second kappa shape index (κ2) is 6.21. The van der Waals surface area contributed by atoms with Gasteiger partial charge in [0.1, 0.15) is 6.61 Å². The molecule has 0 bridgehead atoms. The fraction of sp³-hybridized carbons (Fsp3) is 0.917. The summed E-state index contributed by atoms with van der Waals surface area (Å²) in [5.41, 5.74) is 5.84. The summed E-state index contributed by atoms with van der Waals surface area (Å²) < 4.78 is 10.6. The molecule has 0 aromatic rings. The zero-order valence-electron chi connectivity index (χ0n) is 10.3. The number of hydrogen-bond acceptors (Lipinski definition) is 4. The SMILES string of the molecule is NC1CCC(OCCCN2CCOC2=O)CC1. The standard InChI is InChI=1S/C12H22N2O3/c13-10-2-4-11(5-3-10)16-8-1-6-14-7-9-17-12(14)15/h10-11H,1-9,13H2. The zero-order valence-corrected chi connectivity index (χ0v) is 10.3. The average Bonchev–Trinajstić information content (AvgIpc) is 2.73. The Balaban J connectivity index is 1.52. The van der Waals surface area contributed by atoms with E-state index in [2.05, 4.69) is 0 Å². The van der Waals surface area contributed by atoms with Gasteiger partial charge in [-0.25, -0.2) is 4.79 Å². The molecule has 1 amide bonds. The second-order valence-electron chi connectivity index (χ2n) is 4.86. The van der Waals surface area contributed by atoms with Crippen LogP contribution >= 0.6 is 0 Å². The van der Waals surface area contributed by atoms with Crippen molar-refractivity contribution in [2.75, 3.05) is 26.3 Å². The largest absolute Gasteiger partial charge is 0.448 e. The molecule has 1 aliphatic heterocycles. The van der Waals surface area contributed by atoms with Crippen LogP contribution in [0.15, 0.2) is 0 Å². The summed E-state index contributed by atoms with van der Waals surface area (Å²) in [6, 6.07) is 0.370. The Morgan fingerprint density at radius 1 is 1.35 bits per heavy atom. The van der Waals surface area contributed by atoms with Crippen LogP contribution in [-0.4, -0.2) is 49.4 Å². The molecule has 2 aliphatic rings. The predicted octanol–water partition coefficient (Wildman–Crippen LogP) is 1.12. The summed E-state index contributed by atoms with van der Waals surface area (Å²) in [5, 5.41) is 0. The Bertz CT molecular complexity index is 252. The van der Waals surface area contributed by atoms with E-state index in [4.69, 9.17) is 15.2 Å². The molecule has 0 aromatic carbocycles. The minimum Gasteiger partial charge on any atom is -0.448 e. The van der Waals surface area contributed by atoms with Crippen LogP contribution in [0.5, 0.6) is 0 Å². The first-order valence-corrected chi connectivity index (χ1v) is 6.54. The molecule has 1 saturated heterocycles. The van der Waals surface area contributed by atoms with Crippen LogP contribution in [0.2, 0.25) is 0 Å². The Kier molecular flexibility index (Phi) is 4.62. The van der Waals surface area contributed by atoms with E-state index < -0.39 is 0 Å². The van der Waals surface area contributed by atoms with Gasteiger partial charge in [0, 0.05) is 19.2 Å². The first kappa shape index (κ1) is 12.6. The van der Waals surface area contributed by atoms with E-state index in [1.54, 1.807) is 4.90 Å². The number of nitrogens with two attached hydrogens (primary N) is 1. The molecule has 5 nitrogen and oxygen atoms in total. The number of rotatable bonds is 5. The van der Waals surface area contributed by atoms with Gasteiger partial charge >= 0.3 is 6.09 Å². The summed E-state index contributed by atoms with van der Waals surface area (Å²) in [4.78, 5) is 12.9. The van der Waals surface area contributed by atoms with Crippen molar-refractivity contribution in [1.29, 1.82) is 0 Å². The molecule has 1 saturated carbocycles. The van der Waals surface area contributed by atoms with Gasteiger partial charge in [-0.15, -0.1) is 0 Å². The Labute approximate surface area is 102 Å². The summed E-state index contributed by atoms with van der Waals surface area (Å²) in [6.45, 7) is 2.71. The third kappa shape index (κ3) is 3.85. The van der Waals surface area contributed by atoms with Crippen molar-refractivity contribution in [3.8, 4) is 0 Å². The van der Waals surface area contributed by atoms with Gasteiger partial charge in [0.2, 0.25) is 0 Å². The van der Waals surface area contributed by atoms with Crippen LogP contribution in [0.25, 0.3) is 0 Å². The first-order chi connectivity index (χ1) is 8.25. The van der Waals surface area contributed by atoms with Crippen LogP contribution in [0, 0.1) is 0 Å². The Morgan fingerprint density at radius 3 is 2.76 bits per heavy atom. The summed E-state index contributed by atoms with van der Waals surface area (Å²) in [5.74, 6) is 0. The highest BCUT2D eigenvalue weighted by atomic mass is 16.6. The van der Waals surface area contributed by atoms with Crippen molar-refractivity contribution in [1.82, 2.24) is 4.90 Å². The van der Waals surface area contributed by atoms with Gasteiger partial charge in [0.25, 0.3) is 0 Å². The van der Waals surface area contributed by atoms with Crippen LogP contribution in [0.3, 0.4) is 0 Å². The van der Waals surface area contributed by atoms with Crippen molar-refractivity contribution in [2.24, 2.45) is 5.73 Å². The smallest absolute Gasteiger partial charge is 0.409 e. The molecule has 1 heterocycles.